The van der Waals surface area contributed by atoms with Crippen molar-refractivity contribution in [2.24, 2.45) is 0 Å². The molecule has 2 fully saturated rings. The standard InChI is InChI=1S/C38H74O3/c1-5-9-13-15-17-19-21-23-27-31-37(35-33-39-35,29-25-11-7-3)41-38(36-34-40-36,30-26-12-8-4)32-28-24-22-20-18-16-14-10-6-2/h35-36H,5-34H2,1-4H3. The van der Waals surface area contributed by atoms with E-state index < -0.39 is 0 Å². The molecule has 2 aliphatic rings. The third-order valence-electron chi connectivity index (χ3n) is 10.1. The van der Waals surface area contributed by atoms with Gasteiger partial charge in [-0.3, -0.25) is 0 Å². The second-order valence-corrected chi connectivity index (χ2v) is 13.9. The van der Waals surface area contributed by atoms with Crippen molar-refractivity contribution in [3.05, 3.63) is 0 Å². The van der Waals surface area contributed by atoms with Crippen LogP contribution in [0.25, 0.3) is 0 Å². The molecule has 0 aromatic rings. The van der Waals surface area contributed by atoms with Gasteiger partial charge in [0.1, 0.15) is 12.2 Å². The summed E-state index contributed by atoms with van der Waals surface area (Å²) in [6, 6.07) is 0. The van der Waals surface area contributed by atoms with Crippen molar-refractivity contribution in [1.29, 1.82) is 0 Å². The van der Waals surface area contributed by atoms with Crippen LogP contribution < -0.4 is 0 Å². The molecule has 2 aliphatic heterocycles. The molecule has 0 radical (unpaired) electrons. The van der Waals surface area contributed by atoms with E-state index in [1.165, 1.54) is 180 Å². The molecule has 2 saturated heterocycles. The highest BCUT2D eigenvalue weighted by Gasteiger charge is 2.56. The van der Waals surface area contributed by atoms with Crippen LogP contribution in [-0.4, -0.2) is 36.6 Å². The summed E-state index contributed by atoms with van der Waals surface area (Å²) in [5.41, 5.74) is -0.207. The van der Waals surface area contributed by atoms with Crippen LogP contribution in [0, 0.1) is 0 Å². The van der Waals surface area contributed by atoms with Crippen LogP contribution in [0.4, 0.5) is 0 Å². The van der Waals surface area contributed by atoms with Crippen LogP contribution in [0.3, 0.4) is 0 Å². The van der Waals surface area contributed by atoms with E-state index in [-0.39, 0.29) is 11.2 Å². The van der Waals surface area contributed by atoms with Crippen molar-refractivity contribution in [2.45, 2.75) is 231 Å². The summed E-state index contributed by atoms with van der Waals surface area (Å²) in [4.78, 5) is 0. The first-order valence-corrected chi connectivity index (χ1v) is 19.1. The van der Waals surface area contributed by atoms with Crippen molar-refractivity contribution < 1.29 is 14.2 Å². The van der Waals surface area contributed by atoms with Crippen LogP contribution in [0.1, 0.15) is 207 Å². The highest BCUT2D eigenvalue weighted by Crippen LogP contribution is 2.47. The van der Waals surface area contributed by atoms with Crippen LogP contribution >= 0.6 is 0 Å². The van der Waals surface area contributed by atoms with Crippen molar-refractivity contribution in [3.63, 3.8) is 0 Å². The molecule has 244 valence electrons. The first kappa shape index (κ1) is 37.1. The van der Waals surface area contributed by atoms with Gasteiger partial charge in [0.15, 0.2) is 0 Å². The second kappa shape index (κ2) is 23.3. The fourth-order valence-electron chi connectivity index (χ4n) is 7.16. The Kier molecular flexibility index (Phi) is 21.1. The number of hydrogen-bond acceptors (Lipinski definition) is 3. The molecule has 2 rings (SSSR count). The lowest BCUT2D eigenvalue weighted by molar-refractivity contribution is -0.192. The molecule has 0 saturated carbocycles. The average molecular weight is 579 g/mol. The highest BCUT2D eigenvalue weighted by atomic mass is 16.6. The zero-order chi connectivity index (χ0) is 29.5. The summed E-state index contributed by atoms with van der Waals surface area (Å²) in [6.45, 7) is 11.1. The van der Waals surface area contributed by atoms with Gasteiger partial charge in [0.25, 0.3) is 0 Å². The molecule has 0 bridgehead atoms. The molecule has 4 atom stereocenters. The summed E-state index contributed by atoms with van der Waals surface area (Å²) >= 11 is 0. The quantitative estimate of drug-likeness (QED) is 0.0588. The number of rotatable bonds is 32. The zero-order valence-corrected chi connectivity index (χ0v) is 28.6. The van der Waals surface area contributed by atoms with Gasteiger partial charge < -0.3 is 14.2 Å². The predicted octanol–water partition coefficient (Wildman–Crippen LogP) is 12.3. The van der Waals surface area contributed by atoms with Gasteiger partial charge in [-0.15, -0.1) is 0 Å². The van der Waals surface area contributed by atoms with E-state index in [1.54, 1.807) is 0 Å². The van der Waals surface area contributed by atoms with E-state index >= 15 is 0 Å². The topological polar surface area (TPSA) is 34.3 Å². The summed E-state index contributed by atoms with van der Waals surface area (Å²) in [6.07, 6.45) is 37.9. The van der Waals surface area contributed by atoms with Crippen LogP contribution in [0.5, 0.6) is 0 Å². The minimum Gasteiger partial charge on any atom is -0.370 e. The van der Waals surface area contributed by atoms with Crippen molar-refractivity contribution in [3.8, 4) is 0 Å². The predicted molar refractivity (Wildman–Crippen MR) is 178 cm³/mol. The lowest BCUT2D eigenvalue weighted by Gasteiger charge is -2.44. The number of ether oxygens (including phenoxy) is 3. The third kappa shape index (κ3) is 16.0. The Bertz CT molecular complexity index is 536. The molecule has 0 amide bonds. The maximum atomic E-state index is 7.66. The van der Waals surface area contributed by atoms with E-state index in [0.29, 0.717) is 12.2 Å². The van der Waals surface area contributed by atoms with Gasteiger partial charge in [-0.1, -0.05) is 182 Å². The molecule has 2 heterocycles. The SMILES string of the molecule is CCCCCCCCCCCC(CCCCC)(OC(CCCCC)(CCCCCCCCCCC)C1CO1)C1CO1. The normalized spacial score (nSPS) is 21.1. The average Bonchev–Trinajstić information content (AvgIpc) is 3.88. The summed E-state index contributed by atoms with van der Waals surface area (Å²) < 4.78 is 19.9. The molecular weight excluding hydrogens is 504 g/mol. The highest BCUT2D eigenvalue weighted by molar-refractivity contribution is 5.04. The number of epoxide rings is 2. The molecule has 3 nitrogen and oxygen atoms in total. The Morgan fingerprint density at radius 3 is 0.878 bits per heavy atom. The van der Waals surface area contributed by atoms with Gasteiger partial charge in [-0.05, 0) is 25.7 Å². The molecule has 0 spiro atoms. The lowest BCUT2D eigenvalue weighted by atomic mass is 9.81. The Morgan fingerprint density at radius 1 is 0.390 bits per heavy atom. The molecule has 3 heteroatoms. The smallest absolute Gasteiger partial charge is 0.110 e. The van der Waals surface area contributed by atoms with Crippen molar-refractivity contribution in [2.75, 3.05) is 13.2 Å². The molecule has 41 heavy (non-hydrogen) atoms. The second-order valence-electron chi connectivity index (χ2n) is 13.9. The van der Waals surface area contributed by atoms with Gasteiger partial charge in [0.2, 0.25) is 0 Å². The fourth-order valence-corrected chi connectivity index (χ4v) is 7.16. The van der Waals surface area contributed by atoms with Gasteiger partial charge in [0, 0.05) is 0 Å². The van der Waals surface area contributed by atoms with Gasteiger partial charge in [-0.2, -0.15) is 0 Å². The van der Waals surface area contributed by atoms with Crippen molar-refractivity contribution >= 4 is 0 Å². The summed E-state index contributed by atoms with van der Waals surface area (Å²) in [5, 5.41) is 0. The number of unbranched alkanes of at least 4 members (excludes halogenated alkanes) is 20. The Labute approximate surface area is 258 Å². The van der Waals surface area contributed by atoms with E-state index in [9.17, 15) is 0 Å². The van der Waals surface area contributed by atoms with Gasteiger partial charge in [0.05, 0.1) is 24.4 Å². The maximum Gasteiger partial charge on any atom is 0.110 e. The minimum absolute atomic E-state index is 0.103. The third-order valence-corrected chi connectivity index (χ3v) is 10.1. The van der Waals surface area contributed by atoms with Gasteiger partial charge >= 0.3 is 0 Å². The first-order chi connectivity index (χ1) is 20.2. The Balaban J connectivity index is 1.99. The van der Waals surface area contributed by atoms with E-state index in [4.69, 9.17) is 14.2 Å². The molecule has 0 aromatic heterocycles. The molecule has 0 N–H and O–H groups in total. The molecule has 4 unspecified atom stereocenters. The monoisotopic (exact) mass is 579 g/mol. The van der Waals surface area contributed by atoms with Crippen molar-refractivity contribution in [1.82, 2.24) is 0 Å². The molecular formula is C38H74O3. The van der Waals surface area contributed by atoms with E-state index in [0.717, 1.165) is 13.2 Å². The molecule has 0 aromatic carbocycles. The van der Waals surface area contributed by atoms with E-state index in [1.807, 2.05) is 0 Å². The van der Waals surface area contributed by atoms with Crippen LogP contribution in [-0.2, 0) is 14.2 Å². The minimum atomic E-state index is -0.103. The first-order valence-electron chi connectivity index (χ1n) is 19.1. The Morgan fingerprint density at radius 2 is 0.610 bits per heavy atom. The zero-order valence-electron chi connectivity index (χ0n) is 28.6. The van der Waals surface area contributed by atoms with Crippen LogP contribution in [0.2, 0.25) is 0 Å². The van der Waals surface area contributed by atoms with Crippen LogP contribution in [0.15, 0.2) is 0 Å². The fraction of sp³-hybridized carbons (Fsp3) is 1.00. The Hall–Kier alpha value is -0.120. The van der Waals surface area contributed by atoms with Gasteiger partial charge in [-0.25, -0.2) is 0 Å². The number of hydrogen-bond donors (Lipinski definition) is 0. The lowest BCUT2D eigenvalue weighted by Crippen LogP contribution is -2.51. The maximum absolute atomic E-state index is 7.66. The summed E-state index contributed by atoms with van der Waals surface area (Å²) in [5.74, 6) is 0. The summed E-state index contributed by atoms with van der Waals surface area (Å²) in [7, 11) is 0. The largest absolute Gasteiger partial charge is 0.370 e. The molecule has 0 aliphatic carbocycles. The van der Waals surface area contributed by atoms with E-state index in [2.05, 4.69) is 27.7 Å².